The van der Waals surface area contributed by atoms with Crippen molar-refractivity contribution in [3.63, 3.8) is 0 Å². The maximum atomic E-state index is 11.0. The molecule has 1 aliphatic heterocycles. The highest BCUT2D eigenvalue weighted by Crippen LogP contribution is 2.19. The summed E-state index contributed by atoms with van der Waals surface area (Å²) in [5, 5.41) is 9.13. The third-order valence-corrected chi connectivity index (χ3v) is 1.99. The van der Waals surface area contributed by atoms with Gasteiger partial charge in [0, 0.05) is 12.3 Å². The van der Waals surface area contributed by atoms with Crippen LogP contribution in [0, 0.1) is 5.92 Å². The van der Waals surface area contributed by atoms with Crippen molar-refractivity contribution < 1.29 is 14.8 Å². The molecular weight excluding hydrogens is 146 g/mol. The van der Waals surface area contributed by atoms with Crippen LogP contribution in [0.3, 0.4) is 0 Å². The topological polar surface area (TPSA) is 57.6 Å². The highest BCUT2D eigenvalue weighted by molar-refractivity contribution is 5.97. The van der Waals surface area contributed by atoms with Crippen molar-refractivity contribution >= 4 is 11.8 Å². The summed E-state index contributed by atoms with van der Waals surface area (Å²) in [6.45, 7) is 1.87. The van der Waals surface area contributed by atoms with Crippen LogP contribution in [0.15, 0.2) is 0 Å². The van der Waals surface area contributed by atoms with E-state index >= 15 is 0 Å². The molecule has 1 N–H and O–H groups in total. The van der Waals surface area contributed by atoms with E-state index < -0.39 is 11.8 Å². The second-order valence-corrected chi connectivity index (χ2v) is 2.69. The summed E-state index contributed by atoms with van der Waals surface area (Å²) in [5.41, 5.74) is 0. The minimum atomic E-state index is -0.486. The largest absolute Gasteiger partial charge is 0.279 e. The summed E-state index contributed by atoms with van der Waals surface area (Å²) in [5.74, 6) is -1.11. The van der Waals surface area contributed by atoms with Crippen molar-refractivity contribution in [3.8, 4) is 0 Å². The van der Waals surface area contributed by atoms with Crippen LogP contribution in [0.1, 0.15) is 26.2 Å². The number of carbonyl (C=O) groups excluding carboxylic acids is 2. The van der Waals surface area contributed by atoms with Crippen LogP contribution in [0.5, 0.6) is 0 Å². The van der Waals surface area contributed by atoms with Gasteiger partial charge in [-0.1, -0.05) is 6.92 Å². The fraction of sp³-hybridized carbons (Fsp3) is 0.714. The molecule has 4 heteroatoms. The maximum absolute atomic E-state index is 11.0. The molecule has 1 heterocycles. The number of hydrogen-bond donors (Lipinski definition) is 1. The number of rotatable bonds is 1. The molecule has 0 aromatic rings. The Kier molecular flexibility index (Phi) is 2.24. The normalized spacial score (nSPS) is 26.0. The molecule has 0 spiro atoms. The van der Waals surface area contributed by atoms with Crippen LogP contribution >= 0.6 is 0 Å². The SMILES string of the molecule is CCC1CCC(=O)N(O)C1=O. The second-order valence-electron chi connectivity index (χ2n) is 2.69. The highest BCUT2D eigenvalue weighted by atomic mass is 16.5. The lowest BCUT2D eigenvalue weighted by atomic mass is 9.95. The molecule has 0 radical (unpaired) electrons. The number of hydroxylamine groups is 2. The molecule has 11 heavy (non-hydrogen) atoms. The van der Waals surface area contributed by atoms with Gasteiger partial charge in [0.25, 0.3) is 11.8 Å². The monoisotopic (exact) mass is 157 g/mol. The van der Waals surface area contributed by atoms with E-state index in [0.717, 1.165) is 0 Å². The molecule has 1 saturated heterocycles. The van der Waals surface area contributed by atoms with E-state index in [9.17, 15) is 9.59 Å². The third kappa shape index (κ3) is 1.40. The van der Waals surface area contributed by atoms with Gasteiger partial charge in [-0.15, -0.1) is 0 Å². The van der Waals surface area contributed by atoms with Gasteiger partial charge < -0.3 is 0 Å². The Morgan fingerprint density at radius 1 is 1.64 bits per heavy atom. The Labute approximate surface area is 64.8 Å². The molecule has 1 unspecified atom stereocenters. The molecule has 4 nitrogen and oxygen atoms in total. The van der Waals surface area contributed by atoms with Gasteiger partial charge in [0.05, 0.1) is 0 Å². The number of hydrogen-bond acceptors (Lipinski definition) is 3. The quantitative estimate of drug-likeness (QED) is 0.446. The first-order valence-corrected chi connectivity index (χ1v) is 3.72. The van der Waals surface area contributed by atoms with Gasteiger partial charge in [-0.2, -0.15) is 5.06 Å². The molecule has 0 saturated carbocycles. The summed E-state index contributed by atoms with van der Waals surface area (Å²) >= 11 is 0. The van der Waals surface area contributed by atoms with Crippen molar-refractivity contribution in [3.05, 3.63) is 0 Å². The van der Waals surface area contributed by atoms with E-state index in [2.05, 4.69) is 0 Å². The average molecular weight is 157 g/mol. The molecule has 1 atom stereocenters. The molecule has 2 amide bonds. The molecule has 62 valence electrons. The lowest BCUT2D eigenvalue weighted by molar-refractivity contribution is -0.187. The van der Waals surface area contributed by atoms with Crippen LogP contribution in [0.2, 0.25) is 0 Å². The van der Waals surface area contributed by atoms with Crippen molar-refractivity contribution in [1.82, 2.24) is 5.06 Å². The summed E-state index contributed by atoms with van der Waals surface area (Å²) in [6, 6.07) is 0. The lowest BCUT2D eigenvalue weighted by Gasteiger charge is -2.24. The molecule has 1 rings (SSSR count). The number of piperidine rings is 1. The van der Waals surface area contributed by atoms with Gasteiger partial charge in [0.1, 0.15) is 0 Å². The number of imide groups is 1. The van der Waals surface area contributed by atoms with E-state index in [1.54, 1.807) is 0 Å². The summed E-state index contributed by atoms with van der Waals surface area (Å²) < 4.78 is 0. The van der Waals surface area contributed by atoms with E-state index in [4.69, 9.17) is 5.21 Å². The minimum absolute atomic E-state index is 0.169. The minimum Gasteiger partial charge on any atom is -0.279 e. The maximum Gasteiger partial charge on any atom is 0.256 e. The summed E-state index contributed by atoms with van der Waals surface area (Å²) in [6.07, 6.45) is 1.54. The Bertz CT molecular complexity index is 190. The zero-order chi connectivity index (χ0) is 8.43. The molecule has 0 bridgehead atoms. The van der Waals surface area contributed by atoms with E-state index in [1.807, 2.05) is 6.92 Å². The summed E-state index contributed by atoms with van der Waals surface area (Å²) in [7, 11) is 0. The standard InChI is InChI=1S/C7H11NO3/c1-2-5-3-4-6(9)8(11)7(5)10/h5,11H,2-4H2,1H3. The van der Waals surface area contributed by atoms with E-state index in [0.29, 0.717) is 12.8 Å². The molecular formula is C7H11NO3. The highest BCUT2D eigenvalue weighted by Gasteiger charge is 2.31. The Morgan fingerprint density at radius 2 is 2.27 bits per heavy atom. The van der Waals surface area contributed by atoms with Gasteiger partial charge in [-0.05, 0) is 12.8 Å². The predicted octanol–water partition coefficient (Wildman–Crippen LogP) is 0.551. The van der Waals surface area contributed by atoms with Crippen molar-refractivity contribution in [2.75, 3.05) is 0 Å². The number of nitrogens with zero attached hydrogens (tertiary/aromatic N) is 1. The summed E-state index contributed by atoms with van der Waals surface area (Å²) in [4.78, 5) is 21.7. The fourth-order valence-corrected chi connectivity index (χ4v) is 1.20. The molecule has 1 fully saturated rings. The molecule has 0 aliphatic carbocycles. The molecule has 0 aromatic carbocycles. The van der Waals surface area contributed by atoms with E-state index in [1.165, 1.54) is 0 Å². The predicted molar refractivity (Wildman–Crippen MR) is 36.7 cm³/mol. The van der Waals surface area contributed by atoms with Crippen LogP contribution in [0.4, 0.5) is 0 Å². The zero-order valence-corrected chi connectivity index (χ0v) is 6.41. The Balaban J connectivity index is 2.67. The number of carbonyl (C=O) groups is 2. The smallest absolute Gasteiger partial charge is 0.256 e. The Morgan fingerprint density at radius 3 is 2.82 bits per heavy atom. The fourth-order valence-electron chi connectivity index (χ4n) is 1.20. The first kappa shape index (κ1) is 8.20. The number of amides is 2. The van der Waals surface area contributed by atoms with Gasteiger partial charge in [0.15, 0.2) is 0 Å². The molecule has 1 aliphatic rings. The van der Waals surface area contributed by atoms with Gasteiger partial charge in [-0.3, -0.25) is 14.8 Å². The van der Waals surface area contributed by atoms with Crippen LogP contribution in [-0.4, -0.2) is 22.1 Å². The lowest BCUT2D eigenvalue weighted by Crippen LogP contribution is -2.42. The van der Waals surface area contributed by atoms with Crippen LogP contribution in [0.25, 0.3) is 0 Å². The zero-order valence-electron chi connectivity index (χ0n) is 6.41. The van der Waals surface area contributed by atoms with Crippen molar-refractivity contribution in [1.29, 1.82) is 0 Å². The first-order chi connectivity index (χ1) is 5.16. The molecule has 0 aromatic heterocycles. The average Bonchev–Trinajstić information content (AvgIpc) is 2.01. The second kappa shape index (κ2) is 3.00. The van der Waals surface area contributed by atoms with Crippen LogP contribution in [-0.2, 0) is 9.59 Å². The third-order valence-electron chi connectivity index (χ3n) is 1.99. The van der Waals surface area contributed by atoms with Gasteiger partial charge >= 0.3 is 0 Å². The van der Waals surface area contributed by atoms with Gasteiger partial charge in [-0.25, -0.2) is 0 Å². The Hall–Kier alpha value is -0.900. The van der Waals surface area contributed by atoms with Crippen LogP contribution < -0.4 is 0 Å². The van der Waals surface area contributed by atoms with E-state index in [-0.39, 0.29) is 17.4 Å². The van der Waals surface area contributed by atoms with Crippen molar-refractivity contribution in [2.24, 2.45) is 5.92 Å². The van der Waals surface area contributed by atoms with Gasteiger partial charge in [0.2, 0.25) is 0 Å². The van der Waals surface area contributed by atoms with Crippen molar-refractivity contribution in [2.45, 2.75) is 26.2 Å². The first-order valence-electron chi connectivity index (χ1n) is 3.72.